The molecule has 1 rings (SSSR count). The third kappa shape index (κ3) is 3.49. The molecule has 1 atom stereocenters. The number of halogens is 2. The molecule has 0 saturated carbocycles. The van der Waals surface area contributed by atoms with Gasteiger partial charge in [-0.3, -0.25) is 4.79 Å². The van der Waals surface area contributed by atoms with Crippen LogP contribution in [0.15, 0.2) is 21.1 Å². The molecule has 2 N–H and O–H groups in total. The van der Waals surface area contributed by atoms with E-state index < -0.39 is 11.9 Å². The summed E-state index contributed by atoms with van der Waals surface area (Å²) < 4.78 is 1.86. The molecule has 1 aromatic rings. The van der Waals surface area contributed by atoms with Crippen LogP contribution >= 0.6 is 31.9 Å². The predicted molar refractivity (Wildman–Crippen MR) is 71.9 cm³/mol. The number of aliphatic carboxylic acids is 1. The maximum Gasteiger partial charge on any atom is 0.308 e. The molecule has 0 aliphatic carbocycles. The topological polar surface area (TPSA) is 49.3 Å². The van der Waals surface area contributed by atoms with Crippen molar-refractivity contribution in [2.75, 3.05) is 11.9 Å². The number of hydrogen-bond donors (Lipinski definition) is 2. The predicted octanol–water partition coefficient (Wildman–Crippen LogP) is 3.65. The molecule has 88 valence electrons. The number of aryl methyl sites for hydroxylation is 1. The first-order valence-corrected chi connectivity index (χ1v) is 6.42. The van der Waals surface area contributed by atoms with Crippen LogP contribution in [0.4, 0.5) is 5.69 Å². The van der Waals surface area contributed by atoms with E-state index in [4.69, 9.17) is 5.11 Å². The molecule has 1 unspecified atom stereocenters. The number of carbonyl (C=O) groups is 1. The summed E-state index contributed by atoms with van der Waals surface area (Å²) in [6, 6.07) is 3.97. The van der Waals surface area contributed by atoms with Gasteiger partial charge in [0, 0.05) is 15.5 Å². The van der Waals surface area contributed by atoms with Gasteiger partial charge in [0.15, 0.2) is 0 Å². The monoisotopic (exact) mass is 349 g/mol. The largest absolute Gasteiger partial charge is 0.481 e. The second kappa shape index (κ2) is 5.68. The number of rotatable bonds is 4. The van der Waals surface area contributed by atoms with Crippen molar-refractivity contribution < 1.29 is 9.90 Å². The first-order valence-electron chi connectivity index (χ1n) is 4.84. The summed E-state index contributed by atoms with van der Waals surface area (Å²) in [7, 11) is 0. The molecule has 0 aromatic heterocycles. The minimum atomic E-state index is -0.799. The maximum atomic E-state index is 10.7. The van der Waals surface area contributed by atoms with Crippen LogP contribution in [0.3, 0.4) is 0 Å². The van der Waals surface area contributed by atoms with Gasteiger partial charge in [0.05, 0.1) is 11.6 Å². The molecule has 0 radical (unpaired) electrons. The minimum Gasteiger partial charge on any atom is -0.481 e. The summed E-state index contributed by atoms with van der Waals surface area (Å²) in [5.74, 6) is -1.22. The van der Waals surface area contributed by atoms with E-state index >= 15 is 0 Å². The standard InChI is InChI=1S/C11H13Br2NO2/c1-6-3-8(12)10(9(13)4-6)14-5-7(2)11(15)16/h3-4,7,14H,5H2,1-2H3,(H,15,16). The van der Waals surface area contributed by atoms with Crippen molar-refractivity contribution in [2.45, 2.75) is 13.8 Å². The van der Waals surface area contributed by atoms with Crippen LogP contribution in [0, 0.1) is 12.8 Å². The summed E-state index contributed by atoms with van der Waals surface area (Å²) in [6.07, 6.45) is 0. The van der Waals surface area contributed by atoms with E-state index in [1.807, 2.05) is 19.1 Å². The Balaban J connectivity index is 2.78. The van der Waals surface area contributed by atoms with E-state index in [0.29, 0.717) is 6.54 Å². The van der Waals surface area contributed by atoms with E-state index in [1.54, 1.807) is 6.92 Å². The summed E-state index contributed by atoms with van der Waals surface area (Å²) in [5.41, 5.74) is 2.02. The highest BCUT2D eigenvalue weighted by Gasteiger charge is 2.12. The Morgan fingerprint density at radius 1 is 1.44 bits per heavy atom. The lowest BCUT2D eigenvalue weighted by Gasteiger charge is -2.13. The highest BCUT2D eigenvalue weighted by molar-refractivity contribution is 9.11. The Bertz CT molecular complexity index is 384. The van der Waals surface area contributed by atoms with Gasteiger partial charge in [-0.05, 0) is 56.5 Å². The number of anilines is 1. The van der Waals surface area contributed by atoms with Crippen molar-refractivity contribution in [3.8, 4) is 0 Å². The Labute approximate surface area is 111 Å². The van der Waals surface area contributed by atoms with Gasteiger partial charge in [-0.1, -0.05) is 6.92 Å². The number of benzene rings is 1. The Kier molecular flexibility index (Phi) is 4.80. The summed E-state index contributed by atoms with van der Waals surface area (Å²) in [5, 5.41) is 11.9. The van der Waals surface area contributed by atoms with Gasteiger partial charge in [0.1, 0.15) is 0 Å². The van der Waals surface area contributed by atoms with Crippen molar-refractivity contribution in [1.29, 1.82) is 0 Å². The average Bonchev–Trinajstić information content (AvgIpc) is 2.15. The maximum absolute atomic E-state index is 10.7. The summed E-state index contributed by atoms with van der Waals surface area (Å²) in [6.45, 7) is 4.07. The third-order valence-corrected chi connectivity index (χ3v) is 3.44. The van der Waals surface area contributed by atoms with Crippen molar-refractivity contribution in [1.82, 2.24) is 0 Å². The van der Waals surface area contributed by atoms with Crippen LogP contribution in [0.25, 0.3) is 0 Å². The van der Waals surface area contributed by atoms with Gasteiger partial charge in [0.2, 0.25) is 0 Å². The number of nitrogens with one attached hydrogen (secondary N) is 1. The molecular formula is C11H13Br2NO2. The van der Waals surface area contributed by atoms with Crippen LogP contribution < -0.4 is 5.32 Å². The molecule has 0 fully saturated rings. The van der Waals surface area contributed by atoms with E-state index in [0.717, 1.165) is 20.2 Å². The van der Waals surface area contributed by atoms with Crippen molar-refractivity contribution >= 4 is 43.5 Å². The molecule has 0 spiro atoms. The van der Waals surface area contributed by atoms with Gasteiger partial charge in [0.25, 0.3) is 0 Å². The fourth-order valence-corrected chi connectivity index (χ4v) is 2.91. The molecule has 0 aliphatic rings. The van der Waals surface area contributed by atoms with E-state index in [-0.39, 0.29) is 0 Å². The molecule has 3 nitrogen and oxygen atoms in total. The lowest BCUT2D eigenvalue weighted by Crippen LogP contribution is -2.19. The smallest absolute Gasteiger partial charge is 0.308 e. The zero-order valence-corrected chi connectivity index (χ0v) is 12.2. The molecule has 1 aromatic carbocycles. The Morgan fingerprint density at radius 2 is 1.94 bits per heavy atom. The molecule has 0 bridgehead atoms. The molecular weight excluding hydrogens is 338 g/mol. The van der Waals surface area contributed by atoms with Crippen LogP contribution in [-0.4, -0.2) is 17.6 Å². The zero-order chi connectivity index (χ0) is 12.3. The molecule has 0 aliphatic heterocycles. The summed E-state index contributed by atoms with van der Waals surface area (Å²) >= 11 is 6.89. The SMILES string of the molecule is Cc1cc(Br)c(NCC(C)C(=O)O)c(Br)c1. The first kappa shape index (κ1) is 13.5. The number of carboxylic acids is 1. The highest BCUT2D eigenvalue weighted by Crippen LogP contribution is 2.32. The first-order chi connectivity index (χ1) is 7.41. The molecule has 5 heteroatoms. The lowest BCUT2D eigenvalue weighted by atomic mass is 10.1. The van der Waals surface area contributed by atoms with Gasteiger partial charge in [-0.15, -0.1) is 0 Å². The molecule has 0 amide bonds. The Morgan fingerprint density at radius 3 is 2.38 bits per heavy atom. The highest BCUT2D eigenvalue weighted by atomic mass is 79.9. The van der Waals surface area contributed by atoms with Gasteiger partial charge in [-0.2, -0.15) is 0 Å². The van der Waals surface area contributed by atoms with Crippen LogP contribution in [-0.2, 0) is 4.79 Å². The number of carboxylic acid groups (broad SMARTS) is 1. The van der Waals surface area contributed by atoms with Gasteiger partial charge >= 0.3 is 5.97 Å². The van der Waals surface area contributed by atoms with Crippen LogP contribution in [0.2, 0.25) is 0 Å². The summed E-state index contributed by atoms with van der Waals surface area (Å²) in [4.78, 5) is 10.7. The average molecular weight is 351 g/mol. The van der Waals surface area contributed by atoms with E-state index in [1.165, 1.54) is 0 Å². The quantitative estimate of drug-likeness (QED) is 0.871. The van der Waals surface area contributed by atoms with Gasteiger partial charge in [-0.25, -0.2) is 0 Å². The molecule has 0 saturated heterocycles. The normalized spacial score (nSPS) is 12.2. The fraction of sp³-hybridized carbons (Fsp3) is 0.364. The van der Waals surface area contributed by atoms with Crippen LogP contribution in [0.5, 0.6) is 0 Å². The Hall–Kier alpha value is -0.550. The van der Waals surface area contributed by atoms with Crippen molar-refractivity contribution in [3.63, 3.8) is 0 Å². The lowest BCUT2D eigenvalue weighted by molar-refractivity contribution is -0.140. The molecule has 0 heterocycles. The molecule has 16 heavy (non-hydrogen) atoms. The van der Waals surface area contributed by atoms with Crippen molar-refractivity contribution in [3.05, 3.63) is 26.6 Å². The van der Waals surface area contributed by atoms with Crippen LogP contribution in [0.1, 0.15) is 12.5 Å². The van der Waals surface area contributed by atoms with E-state index in [9.17, 15) is 4.79 Å². The second-order valence-electron chi connectivity index (χ2n) is 3.72. The fourth-order valence-electron chi connectivity index (χ4n) is 1.21. The minimum absolute atomic E-state index is 0.398. The van der Waals surface area contributed by atoms with Gasteiger partial charge < -0.3 is 10.4 Å². The van der Waals surface area contributed by atoms with E-state index in [2.05, 4.69) is 37.2 Å². The number of hydrogen-bond acceptors (Lipinski definition) is 2. The second-order valence-corrected chi connectivity index (χ2v) is 5.43. The van der Waals surface area contributed by atoms with Crippen molar-refractivity contribution in [2.24, 2.45) is 5.92 Å². The third-order valence-electron chi connectivity index (χ3n) is 2.19. The zero-order valence-electron chi connectivity index (χ0n) is 9.05.